The topological polar surface area (TPSA) is 92.9 Å². The molecule has 0 aliphatic rings. The minimum absolute atomic E-state index is 0.169. The molecule has 0 amide bonds. The fourth-order valence-corrected chi connectivity index (χ4v) is 1.66. The summed E-state index contributed by atoms with van der Waals surface area (Å²) in [6, 6.07) is 0. The number of aromatic amines is 2. The van der Waals surface area contributed by atoms with Crippen LogP contribution in [0.2, 0.25) is 0 Å². The van der Waals surface area contributed by atoms with Gasteiger partial charge in [-0.15, -0.1) is 0 Å². The molecule has 0 atom stereocenters. The van der Waals surface area contributed by atoms with Crippen molar-refractivity contribution in [2.75, 3.05) is 0 Å². The molecule has 0 spiro atoms. The van der Waals surface area contributed by atoms with Crippen molar-refractivity contribution in [2.24, 2.45) is 0 Å². The standard InChI is InChI=1S/C8H11N4O3P/c13-16(14-3-7-1-9-5-11-7)15-4-8-2-10-6-12-8/h1-2,5-6,16H,3-4H2,(H,9,11)(H,10,12). The Bertz CT molecular complexity index is 388. The maximum atomic E-state index is 11.3. The number of H-pyrrole nitrogens is 2. The van der Waals surface area contributed by atoms with Gasteiger partial charge < -0.3 is 19.0 Å². The molecule has 0 aromatic carbocycles. The van der Waals surface area contributed by atoms with Gasteiger partial charge in [0.15, 0.2) is 0 Å². The fraction of sp³-hybridized carbons (Fsp3) is 0.250. The van der Waals surface area contributed by atoms with Crippen molar-refractivity contribution in [1.29, 1.82) is 0 Å². The summed E-state index contributed by atoms with van der Waals surface area (Å²) >= 11 is 0. The highest BCUT2D eigenvalue weighted by Crippen LogP contribution is 2.26. The van der Waals surface area contributed by atoms with E-state index in [4.69, 9.17) is 9.05 Å². The van der Waals surface area contributed by atoms with Crippen LogP contribution in [0.5, 0.6) is 0 Å². The number of hydrogen-bond acceptors (Lipinski definition) is 5. The number of hydrogen-bond donors (Lipinski definition) is 2. The van der Waals surface area contributed by atoms with E-state index in [1.54, 1.807) is 12.4 Å². The van der Waals surface area contributed by atoms with E-state index >= 15 is 0 Å². The number of nitrogens with one attached hydrogen (secondary N) is 2. The Morgan fingerprint density at radius 2 is 1.56 bits per heavy atom. The zero-order chi connectivity index (χ0) is 11.2. The summed E-state index contributed by atoms with van der Waals surface area (Å²) in [6.07, 6.45) is 6.40. The van der Waals surface area contributed by atoms with Gasteiger partial charge in [0.1, 0.15) is 0 Å². The summed E-state index contributed by atoms with van der Waals surface area (Å²) in [5, 5.41) is 0. The quantitative estimate of drug-likeness (QED) is 0.743. The van der Waals surface area contributed by atoms with Gasteiger partial charge in [-0.1, -0.05) is 0 Å². The van der Waals surface area contributed by atoms with Gasteiger partial charge in [0.2, 0.25) is 0 Å². The van der Waals surface area contributed by atoms with Crippen LogP contribution in [0.1, 0.15) is 11.4 Å². The van der Waals surface area contributed by atoms with Crippen molar-refractivity contribution in [1.82, 2.24) is 19.9 Å². The number of imidazole rings is 2. The maximum absolute atomic E-state index is 11.3. The van der Waals surface area contributed by atoms with Gasteiger partial charge in [0.05, 0.1) is 37.3 Å². The molecule has 2 aromatic rings. The molecule has 0 unspecified atom stereocenters. The van der Waals surface area contributed by atoms with Gasteiger partial charge >= 0.3 is 8.25 Å². The molecule has 0 aliphatic heterocycles. The Balaban J connectivity index is 1.69. The first-order chi connectivity index (χ1) is 7.84. The molecule has 7 nitrogen and oxygen atoms in total. The average molecular weight is 242 g/mol. The molecule has 0 aliphatic carbocycles. The Kier molecular flexibility index (Phi) is 3.87. The lowest BCUT2D eigenvalue weighted by atomic mass is 10.5. The van der Waals surface area contributed by atoms with Crippen LogP contribution in [0.3, 0.4) is 0 Å². The van der Waals surface area contributed by atoms with Crippen LogP contribution in [0.25, 0.3) is 0 Å². The zero-order valence-corrected chi connectivity index (χ0v) is 9.34. The first-order valence-electron chi connectivity index (χ1n) is 4.59. The van der Waals surface area contributed by atoms with Crippen molar-refractivity contribution in [3.05, 3.63) is 36.4 Å². The summed E-state index contributed by atoms with van der Waals surface area (Å²) in [7, 11) is -2.50. The van der Waals surface area contributed by atoms with Gasteiger partial charge in [-0.25, -0.2) is 9.97 Å². The molecule has 2 aromatic heterocycles. The lowest BCUT2D eigenvalue weighted by Gasteiger charge is -2.02. The molecule has 2 heterocycles. The molecule has 86 valence electrons. The van der Waals surface area contributed by atoms with Gasteiger partial charge in [-0.2, -0.15) is 0 Å². The first-order valence-corrected chi connectivity index (χ1v) is 5.82. The lowest BCUT2D eigenvalue weighted by Crippen LogP contribution is -1.89. The minimum Gasteiger partial charge on any atom is -0.351 e. The summed E-state index contributed by atoms with van der Waals surface area (Å²) in [5.41, 5.74) is 1.36. The van der Waals surface area contributed by atoms with Crippen LogP contribution in [0, 0.1) is 0 Å². The SMILES string of the molecule is O=[PH](OCc1c[nH]cn1)OCc1c[nH]cn1. The largest absolute Gasteiger partial charge is 0.351 e. The number of aromatic nitrogens is 4. The van der Waals surface area contributed by atoms with Crippen molar-refractivity contribution < 1.29 is 13.6 Å². The molecule has 0 saturated heterocycles. The van der Waals surface area contributed by atoms with Gasteiger partial charge in [-0.05, 0) is 0 Å². The highest BCUT2D eigenvalue weighted by atomic mass is 31.1. The molecule has 16 heavy (non-hydrogen) atoms. The van der Waals surface area contributed by atoms with E-state index in [0.29, 0.717) is 11.4 Å². The van der Waals surface area contributed by atoms with Crippen LogP contribution < -0.4 is 0 Å². The molecular formula is C8H11N4O3P. The second-order valence-electron chi connectivity index (χ2n) is 2.95. The predicted molar refractivity (Wildman–Crippen MR) is 55.8 cm³/mol. The molecule has 8 heteroatoms. The highest BCUT2D eigenvalue weighted by molar-refractivity contribution is 7.33. The lowest BCUT2D eigenvalue weighted by molar-refractivity contribution is 0.209. The van der Waals surface area contributed by atoms with E-state index in [1.807, 2.05) is 0 Å². The smallest absolute Gasteiger partial charge is 0.319 e. The fourth-order valence-electron chi connectivity index (χ4n) is 1.05. The second kappa shape index (κ2) is 5.60. The zero-order valence-electron chi connectivity index (χ0n) is 8.34. The molecule has 0 radical (unpaired) electrons. The van der Waals surface area contributed by atoms with E-state index in [9.17, 15) is 4.57 Å². The van der Waals surface area contributed by atoms with E-state index in [1.165, 1.54) is 12.7 Å². The highest BCUT2D eigenvalue weighted by Gasteiger charge is 2.03. The van der Waals surface area contributed by atoms with E-state index < -0.39 is 8.25 Å². The number of rotatable bonds is 6. The molecule has 0 fully saturated rings. The summed E-state index contributed by atoms with van der Waals surface area (Å²) in [6.45, 7) is 0.337. The Hall–Kier alpha value is -1.43. The van der Waals surface area contributed by atoms with E-state index in [-0.39, 0.29) is 13.2 Å². The minimum atomic E-state index is -2.50. The summed E-state index contributed by atoms with van der Waals surface area (Å²) in [5.74, 6) is 0. The third kappa shape index (κ3) is 3.30. The third-order valence-corrected chi connectivity index (χ3v) is 2.55. The molecular weight excluding hydrogens is 231 g/mol. The Labute approximate surface area is 92.2 Å². The molecule has 2 rings (SSSR count). The molecule has 0 saturated carbocycles. The summed E-state index contributed by atoms with van der Waals surface area (Å²) in [4.78, 5) is 13.4. The van der Waals surface area contributed by atoms with Crippen LogP contribution in [-0.2, 0) is 26.8 Å². The van der Waals surface area contributed by atoms with Crippen LogP contribution in [0.15, 0.2) is 25.0 Å². The number of nitrogens with zero attached hydrogens (tertiary/aromatic N) is 2. The summed E-state index contributed by atoms with van der Waals surface area (Å²) < 4.78 is 21.3. The van der Waals surface area contributed by atoms with Crippen LogP contribution in [0.4, 0.5) is 0 Å². The van der Waals surface area contributed by atoms with Gasteiger partial charge in [0.25, 0.3) is 0 Å². The predicted octanol–water partition coefficient (Wildman–Crippen LogP) is 1.26. The van der Waals surface area contributed by atoms with E-state index in [2.05, 4.69) is 19.9 Å². The van der Waals surface area contributed by atoms with Crippen molar-refractivity contribution in [3.63, 3.8) is 0 Å². The maximum Gasteiger partial charge on any atom is 0.319 e. The van der Waals surface area contributed by atoms with Crippen LogP contribution >= 0.6 is 8.25 Å². The van der Waals surface area contributed by atoms with Gasteiger partial charge in [0, 0.05) is 12.4 Å². The molecule has 2 N–H and O–H groups in total. The monoisotopic (exact) mass is 242 g/mol. The van der Waals surface area contributed by atoms with E-state index in [0.717, 1.165) is 0 Å². The molecule has 0 bridgehead atoms. The van der Waals surface area contributed by atoms with Gasteiger partial charge in [-0.3, -0.25) is 4.57 Å². The third-order valence-electron chi connectivity index (χ3n) is 1.79. The van der Waals surface area contributed by atoms with Crippen LogP contribution in [-0.4, -0.2) is 19.9 Å². The Morgan fingerprint density at radius 3 is 1.94 bits per heavy atom. The van der Waals surface area contributed by atoms with Crippen molar-refractivity contribution in [2.45, 2.75) is 13.2 Å². The average Bonchev–Trinajstić information content (AvgIpc) is 2.96. The second-order valence-corrected chi connectivity index (χ2v) is 4.03. The van der Waals surface area contributed by atoms with Crippen molar-refractivity contribution in [3.8, 4) is 0 Å². The Morgan fingerprint density at radius 1 is 1.06 bits per heavy atom. The normalized spacial score (nSPS) is 11.1. The van der Waals surface area contributed by atoms with Crippen molar-refractivity contribution >= 4 is 8.25 Å². The first kappa shape index (κ1) is 11.1.